The highest BCUT2D eigenvalue weighted by atomic mass is 32.2. The van der Waals surface area contributed by atoms with Gasteiger partial charge in [0.05, 0.1) is 22.6 Å². The van der Waals surface area contributed by atoms with Gasteiger partial charge in [-0.2, -0.15) is 0 Å². The lowest BCUT2D eigenvalue weighted by molar-refractivity contribution is -0.129. The van der Waals surface area contributed by atoms with E-state index in [1.165, 1.54) is 0 Å². The summed E-state index contributed by atoms with van der Waals surface area (Å²) < 4.78 is 12.7. The van der Waals surface area contributed by atoms with E-state index >= 15 is 0 Å². The largest absolute Gasteiger partial charge is 0.349 e. The van der Waals surface area contributed by atoms with Crippen LogP contribution in [-0.4, -0.2) is 21.7 Å². The minimum atomic E-state index is -1.43. The molecule has 1 amide bonds. The Morgan fingerprint density at radius 3 is 2.08 bits per heavy atom. The van der Waals surface area contributed by atoms with Crippen LogP contribution < -0.4 is 5.32 Å². The van der Waals surface area contributed by atoms with Gasteiger partial charge in [0.1, 0.15) is 0 Å². The smallest absolute Gasteiger partial charge is 0.225 e. The van der Waals surface area contributed by atoms with E-state index in [0.717, 1.165) is 5.56 Å². The number of rotatable bonds is 5. The lowest BCUT2D eigenvalue weighted by Crippen LogP contribution is -2.36. The molecule has 1 aromatic carbocycles. The van der Waals surface area contributed by atoms with E-state index < -0.39 is 21.6 Å². The molecule has 0 aliphatic carbocycles. The summed E-state index contributed by atoms with van der Waals surface area (Å²) in [4.78, 5) is 25.0. The Morgan fingerprint density at radius 2 is 1.58 bits per heavy atom. The molecule has 2 atom stereocenters. The van der Waals surface area contributed by atoms with Gasteiger partial charge < -0.3 is 5.32 Å². The van der Waals surface area contributed by atoms with Crippen LogP contribution in [0.2, 0.25) is 0 Å². The van der Waals surface area contributed by atoms with Crippen LogP contribution in [0.5, 0.6) is 0 Å². The number of carbonyl (C=O) groups is 2. The van der Waals surface area contributed by atoms with E-state index in [1.54, 1.807) is 12.1 Å². The SMILES string of the molecule is C[C@@H](NC(=O)C(C)(C)C)c1ccccc1[S@@](=O)CC(=O)C(C)(C)C. The highest BCUT2D eigenvalue weighted by Crippen LogP contribution is 2.24. The Balaban J connectivity index is 3.02. The lowest BCUT2D eigenvalue weighted by Gasteiger charge is -2.23. The molecule has 5 heteroatoms. The highest BCUT2D eigenvalue weighted by Gasteiger charge is 2.27. The van der Waals surface area contributed by atoms with Gasteiger partial charge in [0.2, 0.25) is 5.91 Å². The Bertz CT molecular complexity index is 639. The van der Waals surface area contributed by atoms with Gasteiger partial charge in [-0.25, -0.2) is 0 Å². The third-order valence-corrected chi connectivity index (χ3v) is 5.15. The van der Waals surface area contributed by atoms with Crippen molar-refractivity contribution >= 4 is 22.5 Å². The van der Waals surface area contributed by atoms with E-state index in [-0.39, 0.29) is 23.5 Å². The third-order valence-electron chi connectivity index (χ3n) is 3.76. The fourth-order valence-corrected chi connectivity index (χ4v) is 3.51. The molecular weight excluding hydrogens is 322 g/mol. The number of nitrogens with one attached hydrogen (secondary N) is 1. The quantitative estimate of drug-likeness (QED) is 0.881. The van der Waals surface area contributed by atoms with Crippen molar-refractivity contribution in [2.24, 2.45) is 10.8 Å². The van der Waals surface area contributed by atoms with Crippen LogP contribution in [0.1, 0.15) is 60.1 Å². The number of hydrogen-bond donors (Lipinski definition) is 1. The lowest BCUT2D eigenvalue weighted by atomic mass is 9.92. The van der Waals surface area contributed by atoms with Crippen LogP contribution in [0.25, 0.3) is 0 Å². The molecule has 0 spiro atoms. The maximum Gasteiger partial charge on any atom is 0.225 e. The molecule has 24 heavy (non-hydrogen) atoms. The van der Waals surface area contributed by atoms with Gasteiger partial charge in [0.15, 0.2) is 5.78 Å². The second kappa shape index (κ2) is 7.60. The van der Waals surface area contributed by atoms with Gasteiger partial charge >= 0.3 is 0 Å². The van der Waals surface area contributed by atoms with Crippen molar-refractivity contribution in [2.75, 3.05) is 5.75 Å². The van der Waals surface area contributed by atoms with Crippen molar-refractivity contribution in [3.63, 3.8) is 0 Å². The first-order valence-electron chi connectivity index (χ1n) is 8.15. The fraction of sp³-hybridized carbons (Fsp3) is 0.579. The van der Waals surface area contributed by atoms with Crippen molar-refractivity contribution in [3.05, 3.63) is 29.8 Å². The molecular formula is C19H29NO3S. The molecule has 0 heterocycles. The molecule has 0 saturated heterocycles. The van der Waals surface area contributed by atoms with Crippen LogP contribution >= 0.6 is 0 Å². The van der Waals surface area contributed by atoms with E-state index in [9.17, 15) is 13.8 Å². The van der Waals surface area contributed by atoms with Crippen molar-refractivity contribution < 1.29 is 13.8 Å². The summed E-state index contributed by atoms with van der Waals surface area (Å²) in [7, 11) is -1.43. The summed E-state index contributed by atoms with van der Waals surface area (Å²) in [5, 5.41) is 2.96. The normalized spacial score (nSPS) is 14.8. The van der Waals surface area contributed by atoms with E-state index in [1.807, 2.05) is 60.6 Å². The molecule has 0 bridgehead atoms. The maximum absolute atomic E-state index is 12.7. The molecule has 1 aromatic rings. The predicted octanol–water partition coefficient (Wildman–Crippen LogP) is 3.63. The van der Waals surface area contributed by atoms with Crippen molar-refractivity contribution in [1.82, 2.24) is 5.32 Å². The third kappa shape index (κ3) is 5.55. The average molecular weight is 352 g/mol. The molecule has 0 aromatic heterocycles. The summed E-state index contributed by atoms with van der Waals surface area (Å²) in [5.74, 6) is -0.121. The molecule has 0 unspecified atom stereocenters. The molecule has 134 valence electrons. The number of amides is 1. The Labute approximate surface area is 147 Å². The standard InChI is InChI=1S/C19H29NO3S/c1-13(20-17(22)19(5,6)7)14-10-8-9-11-15(14)24(23)12-16(21)18(2,3)4/h8-11,13H,12H2,1-7H3,(H,20,22)/t13-,24+/m1/s1. The molecule has 4 nitrogen and oxygen atoms in total. The van der Waals surface area contributed by atoms with E-state index in [0.29, 0.717) is 4.90 Å². The second-order valence-corrected chi connectivity index (χ2v) is 9.57. The average Bonchev–Trinajstić information content (AvgIpc) is 2.45. The highest BCUT2D eigenvalue weighted by molar-refractivity contribution is 7.85. The zero-order valence-corrected chi connectivity index (χ0v) is 16.5. The van der Waals surface area contributed by atoms with Gasteiger partial charge in [-0.15, -0.1) is 0 Å². The monoisotopic (exact) mass is 351 g/mol. The molecule has 0 aliphatic heterocycles. The van der Waals surface area contributed by atoms with Gasteiger partial charge in [-0.3, -0.25) is 13.8 Å². The summed E-state index contributed by atoms with van der Waals surface area (Å²) in [6.07, 6.45) is 0. The summed E-state index contributed by atoms with van der Waals surface area (Å²) >= 11 is 0. The number of ketones is 1. The van der Waals surface area contributed by atoms with Gasteiger partial charge in [-0.1, -0.05) is 59.7 Å². The molecule has 1 N–H and O–H groups in total. The second-order valence-electron chi connectivity index (χ2n) is 8.15. The fourth-order valence-electron chi connectivity index (χ4n) is 1.95. The van der Waals surface area contributed by atoms with E-state index in [2.05, 4.69) is 5.32 Å². The van der Waals surface area contributed by atoms with Crippen LogP contribution in [0.3, 0.4) is 0 Å². The summed E-state index contributed by atoms with van der Waals surface area (Å²) in [6.45, 7) is 12.9. The molecule has 0 aliphatic rings. The number of Topliss-reactive ketones (excluding diaryl/α,β-unsaturated/α-hetero) is 1. The van der Waals surface area contributed by atoms with Gasteiger partial charge in [-0.05, 0) is 18.6 Å². The van der Waals surface area contributed by atoms with Crippen LogP contribution in [0, 0.1) is 10.8 Å². The minimum Gasteiger partial charge on any atom is -0.349 e. The number of carbonyl (C=O) groups excluding carboxylic acids is 2. The van der Waals surface area contributed by atoms with Crippen molar-refractivity contribution in [3.8, 4) is 0 Å². The Kier molecular flexibility index (Phi) is 6.51. The molecule has 1 rings (SSSR count). The predicted molar refractivity (Wildman–Crippen MR) is 98.2 cm³/mol. The summed E-state index contributed by atoms with van der Waals surface area (Å²) in [5.41, 5.74) is -0.226. The zero-order chi connectivity index (χ0) is 18.7. The maximum atomic E-state index is 12.7. The molecule has 0 radical (unpaired) electrons. The van der Waals surface area contributed by atoms with Gasteiger partial charge in [0, 0.05) is 15.7 Å². The first-order valence-corrected chi connectivity index (χ1v) is 9.47. The first kappa shape index (κ1) is 20.6. The molecule has 0 saturated carbocycles. The minimum absolute atomic E-state index is 0.0134. The van der Waals surface area contributed by atoms with Gasteiger partial charge in [0.25, 0.3) is 0 Å². The van der Waals surface area contributed by atoms with Crippen LogP contribution in [0.15, 0.2) is 29.2 Å². The van der Waals surface area contributed by atoms with Crippen molar-refractivity contribution in [1.29, 1.82) is 0 Å². The zero-order valence-electron chi connectivity index (χ0n) is 15.7. The van der Waals surface area contributed by atoms with E-state index in [4.69, 9.17) is 0 Å². The topological polar surface area (TPSA) is 63.2 Å². The Hall–Kier alpha value is -1.49. The first-order chi connectivity index (χ1) is 10.8. The Morgan fingerprint density at radius 1 is 1.04 bits per heavy atom. The van der Waals surface area contributed by atoms with Crippen molar-refractivity contribution in [2.45, 2.75) is 59.4 Å². The van der Waals surface area contributed by atoms with Crippen LogP contribution in [-0.2, 0) is 20.4 Å². The summed E-state index contributed by atoms with van der Waals surface area (Å²) in [6, 6.07) is 6.99. The van der Waals surface area contributed by atoms with Crippen LogP contribution in [0.4, 0.5) is 0 Å². The number of hydrogen-bond acceptors (Lipinski definition) is 3. The molecule has 0 fully saturated rings. The number of benzene rings is 1.